The minimum Gasteiger partial charge on any atom is -0.497 e. The van der Waals surface area contributed by atoms with Crippen molar-refractivity contribution in [2.75, 3.05) is 52.9 Å². The molecule has 0 aromatic heterocycles. The van der Waals surface area contributed by atoms with E-state index in [1.807, 2.05) is 24.3 Å². The molecular weight excluding hydrogens is 302 g/mol. The summed E-state index contributed by atoms with van der Waals surface area (Å²) in [6.07, 6.45) is 2.63. The van der Waals surface area contributed by atoms with E-state index in [1.165, 1.54) is 26.2 Å². The zero-order chi connectivity index (χ0) is 17.2. The number of rotatable bonds is 9. The minimum atomic E-state index is 0.0942. The summed E-state index contributed by atoms with van der Waals surface area (Å²) in [7, 11) is 1.64. The first-order valence-corrected chi connectivity index (χ1v) is 9.05. The lowest BCUT2D eigenvalue weighted by atomic mass is 10.1. The van der Waals surface area contributed by atoms with Gasteiger partial charge in [-0.15, -0.1) is 0 Å². The van der Waals surface area contributed by atoms with Gasteiger partial charge in [0.2, 0.25) is 5.91 Å². The molecule has 1 aliphatic rings. The molecule has 0 bridgehead atoms. The van der Waals surface area contributed by atoms with Crippen LogP contribution in [0.15, 0.2) is 24.3 Å². The SMILES string of the molecule is CCN1CCN(CCCCNC(=O)Cc2ccc(OC)cc2)CC1. The van der Waals surface area contributed by atoms with Crippen molar-refractivity contribution in [3.05, 3.63) is 29.8 Å². The Hall–Kier alpha value is -1.59. The third-order valence-electron chi connectivity index (χ3n) is 4.66. The number of ether oxygens (including phenoxy) is 1. The van der Waals surface area contributed by atoms with E-state index in [0.717, 1.165) is 43.8 Å². The van der Waals surface area contributed by atoms with Gasteiger partial charge in [0.05, 0.1) is 13.5 Å². The van der Waals surface area contributed by atoms with Crippen molar-refractivity contribution in [3.63, 3.8) is 0 Å². The Bertz CT molecular complexity index is 482. The van der Waals surface area contributed by atoms with Crippen LogP contribution in [0.2, 0.25) is 0 Å². The molecule has 1 saturated heterocycles. The molecule has 0 aliphatic carbocycles. The number of nitrogens with zero attached hydrogens (tertiary/aromatic N) is 2. The van der Waals surface area contributed by atoms with Crippen molar-refractivity contribution in [1.82, 2.24) is 15.1 Å². The molecule has 1 N–H and O–H groups in total. The average molecular weight is 333 g/mol. The molecule has 1 aliphatic heterocycles. The van der Waals surface area contributed by atoms with Gasteiger partial charge in [-0.3, -0.25) is 4.79 Å². The molecule has 1 heterocycles. The first-order valence-electron chi connectivity index (χ1n) is 9.05. The number of hydrogen-bond acceptors (Lipinski definition) is 4. The fourth-order valence-corrected chi connectivity index (χ4v) is 3.01. The Labute approximate surface area is 146 Å². The largest absolute Gasteiger partial charge is 0.497 e. The molecular formula is C19H31N3O2. The van der Waals surface area contributed by atoms with Crippen LogP contribution in [0.5, 0.6) is 5.75 Å². The standard InChI is InChI=1S/C19H31N3O2/c1-3-21-12-14-22(15-13-21)11-5-4-10-20-19(23)16-17-6-8-18(24-2)9-7-17/h6-9H,3-5,10-16H2,1-2H3,(H,20,23). The highest BCUT2D eigenvalue weighted by atomic mass is 16.5. The van der Waals surface area contributed by atoms with Crippen molar-refractivity contribution in [3.8, 4) is 5.75 Å². The number of amides is 1. The summed E-state index contributed by atoms with van der Waals surface area (Å²) >= 11 is 0. The Morgan fingerprint density at radius 3 is 2.38 bits per heavy atom. The van der Waals surface area contributed by atoms with Crippen molar-refractivity contribution >= 4 is 5.91 Å². The first-order chi connectivity index (χ1) is 11.7. The van der Waals surface area contributed by atoms with Gasteiger partial charge in [0.25, 0.3) is 0 Å². The van der Waals surface area contributed by atoms with Gasteiger partial charge < -0.3 is 19.9 Å². The zero-order valence-corrected chi connectivity index (χ0v) is 15.1. The zero-order valence-electron chi connectivity index (χ0n) is 15.1. The van der Waals surface area contributed by atoms with Crippen molar-refractivity contribution in [2.24, 2.45) is 0 Å². The maximum atomic E-state index is 11.9. The van der Waals surface area contributed by atoms with Crippen LogP contribution >= 0.6 is 0 Å². The molecule has 5 nitrogen and oxygen atoms in total. The van der Waals surface area contributed by atoms with Gasteiger partial charge in [0.15, 0.2) is 0 Å². The monoisotopic (exact) mass is 333 g/mol. The lowest BCUT2D eigenvalue weighted by molar-refractivity contribution is -0.120. The van der Waals surface area contributed by atoms with E-state index in [-0.39, 0.29) is 5.91 Å². The lowest BCUT2D eigenvalue weighted by Crippen LogP contribution is -2.46. The topological polar surface area (TPSA) is 44.8 Å². The lowest BCUT2D eigenvalue weighted by Gasteiger charge is -2.33. The van der Waals surface area contributed by atoms with Gasteiger partial charge in [-0.2, -0.15) is 0 Å². The van der Waals surface area contributed by atoms with Crippen LogP contribution in [0.3, 0.4) is 0 Å². The molecule has 5 heteroatoms. The summed E-state index contributed by atoms with van der Waals surface area (Å²) in [4.78, 5) is 17.0. The molecule has 0 atom stereocenters. The number of unbranched alkanes of at least 4 members (excludes halogenated alkanes) is 1. The van der Waals surface area contributed by atoms with Crippen molar-refractivity contribution in [2.45, 2.75) is 26.2 Å². The fourth-order valence-electron chi connectivity index (χ4n) is 3.01. The summed E-state index contributed by atoms with van der Waals surface area (Å²) < 4.78 is 5.12. The van der Waals surface area contributed by atoms with Crippen LogP contribution in [0.4, 0.5) is 0 Å². The molecule has 0 spiro atoms. The van der Waals surface area contributed by atoms with Gasteiger partial charge in [0, 0.05) is 32.7 Å². The first kappa shape index (κ1) is 18.7. The van der Waals surface area contributed by atoms with Crippen molar-refractivity contribution in [1.29, 1.82) is 0 Å². The molecule has 1 fully saturated rings. The van der Waals surface area contributed by atoms with Gasteiger partial charge >= 0.3 is 0 Å². The van der Waals surface area contributed by atoms with E-state index < -0.39 is 0 Å². The number of carbonyl (C=O) groups is 1. The second kappa shape index (κ2) is 10.3. The molecule has 0 unspecified atom stereocenters. The van der Waals surface area contributed by atoms with E-state index in [2.05, 4.69) is 22.0 Å². The molecule has 0 saturated carbocycles. The highest BCUT2D eigenvalue weighted by molar-refractivity contribution is 5.78. The number of piperazine rings is 1. The third kappa shape index (κ3) is 6.49. The molecule has 134 valence electrons. The van der Waals surface area contributed by atoms with Gasteiger partial charge in [0.1, 0.15) is 5.75 Å². The average Bonchev–Trinajstić information content (AvgIpc) is 2.62. The highest BCUT2D eigenvalue weighted by Gasteiger charge is 2.14. The summed E-state index contributed by atoms with van der Waals surface area (Å²) in [5.41, 5.74) is 1.02. The predicted molar refractivity (Wildman–Crippen MR) is 97.5 cm³/mol. The van der Waals surface area contributed by atoms with E-state index in [0.29, 0.717) is 6.42 Å². The smallest absolute Gasteiger partial charge is 0.224 e. The van der Waals surface area contributed by atoms with Crippen LogP contribution < -0.4 is 10.1 Å². The summed E-state index contributed by atoms with van der Waals surface area (Å²) in [5.74, 6) is 0.913. The summed E-state index contributed by atoms with van der Waals surface area (Å²) in [5, 5.41) is 3.02. The molecule has 1 aromatic rings. The normalized spacial score (nSPS) is 16.1. The van der Waals surface area contributed by atoms with Crippen LogP contribution in [0.1, 0.15) is 25.3 Å². The minimum absolute atomic E-state index is 0.0942. The second-order valence-corrected chi connectivity index (χ2v) is 6.36. The molecule has 1 aromatic carbocycles. The van der Waals surface area contributed by atoms with Crippen LogP contribution in [0.25, 0.3) is 0 Å². The van der Waals surface area contributed by atoms with Crippen LogP contribution in [-0.2, 0) is 11.2 Å². The number of hydrogen-bond donors (Lipinski definition) is 1. The third-order valence-corrected chi connectivity index (χ3v) is 4.66. The van der Waals surface area contributed by atoms with Crippen LogP contribution in [-0.4, -0.2) is 68.6 Å². The number of benzene rings is 1. The Kier molecular flexibility index (Phi) is 8.05. The van der Waals surface area contributed by atoms with Gasteiger partial charge in [-0.25, -0.2) is 0 Å². The molecule has 2 rings (SSSR count). The predicted octanol–water partition coefficient (Wildman–Crippen LogP) is 1.77. The van der Waals surface area contributed by atoms with Gasteiger partial charge in [-0.1, -0.05) is 19.1 Å². The summed E-state index contributed by atoms with van der Waals surface area (Å²) in [6, 6.07) is 7.66. The van der Waals surface area contributed by atoms with E-state index in [1.54, 1.807) is 7.11 Å². The Morgan fingerprint density at radius 2 is 1.75 bits per heavy atom. The van der Waals surface area contributed by atoms with Crippen molar-refractivity contribution < 1.29 is 9.53 Å². The number of likely N-dealkylation sites (N-methyl/N-ethyl adjacent to an activating group) is 1. The Morgan fingerprint density at radius 1 is 1.08 bits per heavy atom. The second-order valence-electron chi connectivity index (χ2n) is 6.36. The number of nitrogens with one attached hydrogen (secondary N) is 1. The molecule has 24 heavy (non-hydrogen) atoms. The van der Waals surface area contributed by atoms with E-state index in [4.69, 9.17) is 4.74 Å². The maximum absolute atomic E-state index is 11.9. The fraction of sp³-hybridized carbons (Fsp3) is 0.632. The summed E-state index contributed by atoms with van der Waals surface area (Å²) in [6.45, 7) is 10.0. The van der Waals surface area contributed by atoms with E-state index >= 15 is 0 Å². The quantitative estimate of drug-likeness (QED) is 0.700. The van der Waals surface area contributed by atoms with Gasteiger partial charge in [-0.05, 0) is 43.6 Å². The Balaban J connectivity index is 1.53. The number of methoxy groups -OCH3 is 1. The maximum Gasteiger partial charge on any atom is 0.224 e. The van der Waals surface area contributed by atoms with E-state index in [9.17, 15) is 4.79 Å². The molecule has 1 amide bonds. The molecule has 0 radical (unpaired) electrons. The number of carbonyl (C=O) groups excluding carboxylic acids is 1. The highest BCUT2D eigenvalue weighted by Crippen LogP contribution is 2.11. The van der Waals surface area contributed by atoms with Crippen LogP contribution in [0, 0.1) is 0 Å².